The van der Waals surface area contributed by atoms with Crippen molar-refractivity contribution in [2.45, 2.75) is 52.4 Å². The number of hydrogen-bond acceptors (Lipinski definition) is 3. The fourth-order valence-electron chi connectivity index (χ4n) is 3.96. The molecule has 3 atom stereocenters. The molecule has 1 aromatic rings. The molecule has 110 valence electrons. The highest BCUT2D eigenvalue weighted by Crippen LogP contribution is 2.47. The number of nitrogens with zero attached hydrogens (tertiary/aromatic N) is 1. The molecule has 2 aliphatic rings. The molecule has 1 heterocycles. The van der Waals surface area contributed by atoms with E-state index in [-0.39, 0.29) is 0 Å². The lowest BCUT2D eigenvalue weighted by molar-refractivity contribution is -0.126. The molecule has 3 rings (SSSR count). The maximum atomic E-state index is 12.3. The number of fused-ring (bicyclic) bond motifs is 1. The second kappa shape index (κ2) is 5.84. The maximum absolute atomic E-state index is 12.3. The van der Waals surface area contributed by atoms with Crippen molar-refractivity contribution in [2.75, 3.05) is 6.54 Å². The van der Waals surface area contributed by atoms with Crippen molar-refractivity contribution >= 4 is 17.2 Å². The predicted octanol–water partition coefficient (Wildman–Crippen LogP) is 3.24. The number of carbonyl (C=O) groups is 1. The van der Waals surface area contributed by atoms with Gasteiger partial charge in [0.05, 0.1) is 10.7 Å². The van der Waals surface area contributed by atoms with Crippen LogP contribution >= 0.6 is 11.3 Å². The molecule has 0 aliphatic heterocycles. The summed E-state index contributed by atoms with van der Waals surface area (Å²) in [6.07, 6.45) is 7.20. The summed E-state index contributed by atoms with van der Waals surface area (Å²) in [6, 6.07) is 0. The highest BCUT2D eigenvalue weighted by atomic mass is 32.1. The van der Waals surface area contributed by atoms with Gasteiger partial charge in [-0.1, -0.05) is 12.8 Å². The van der Waals surface area contributed by atoms with E-state index in [0.29, 0.717) is 17.7 Å². The molecular weight excluding hydrogens is 268 g/mol. The first-order valence-corrected chi connectivity index (χ1v) is 8.67. The van der Waals surface area contributed by atoms with Crippen LogP contribution in [0.1, 0.15) is 47.7 Å². The molecule has 0 aromatic carbocycles. The molecule has 0 spiro atoms. The van der Waals surface area contributed by atoms with Gasteiger partial charge < -0.3 is 5.32 Å². The van der Waals surface area contributed by atoms with Gasteiger partial charge in [-0.15, -0.1) is 11.3 Å². The second-order valence-electron chi connectivity index (χ2n) is 6.33. The minimum atomic E-state index is 0.294. The zero-order valence-corrected chi connectivity index (χ0v) is 13.3. The molecule has 1 aromatic heterocycles. The molecule has 3 nitrogen and oxygen atoms in total. The Labute approximate surface area is 125 Å². The molecule has 2 fully saturated rings. The first-order valence-electron chi connectivity index (χ1n) is 7.86. The topological polar surface area (TPSA) is 42.0 Å². The number of rotatable bonds is 4. The average molecular weight is 292 g/mol. The summed E-state index contributed by atoms with van der Waals surface area (Å²) in [5.74, 6) is 2.11. The van der Waals surface area contributed by atoms with E-state index in [4.69, 9.17) is 0 Å². The quantitative estimate of drug-likeness (QED) is 0.925. The van der Waals surface area contributed by atoms with Gasteiger partial charge in [-0.25, -0.2) is 4.98 Å². The maximum Gasteiger partial charge on any atom is 0.223 e. The molecule has 2 saturated carbocycles. The number of carbonyl (C=O) groups excluding carboxylic acids is 1. The van der Waals surface area contributed by atoms with E-state index in [1.165, 1.54) is 30.6 Å². The van der Waals surface area contributed by atoms with E-state index in [2.05, 4.69) is 17.2 Å². The average Bonchev–Trinajstić information content (AvgIpc) is 3.06. The smallest absolute Gasteiger partial charge is 0.223 e. The normalized spacial score (nSPS) is 28.6. The van der Waals surface area contributed by atoms with Gasteiger partial charge in [-0.2, -0.15) is 0 Å². The number of thiazole rings is 1. The monoisotopic (exact) mass is 292 g/mol. The second-order valence-corrected chi connectivity index (χ2v) is 7.62. The lowest BCUT2D eigenvalue weighted by Gasteiger charge is -2.17. The van der Waals surface area contributed by atoms with Crippen molar-refractivity contribution in [3.63, 3.8) is 0 Å². The Morgan fingerprint density at radius 2 is 2.15 bits per heavy atom. The van der Waals surface area contributed by atoms with Gasteiger partial charge in [-0.3, -0.25) is 4.79 Å². The molecular formula is C16H24N2OS. The summed E-state index contributed by atoms with van der Waals surface area (Å²) in [5, 5.41) is 4.29. The lowest BCUT2D eigenvalue weighted by atomic mass is 9.91. The van der Waals surface area contributed by atoms with Gasteiger partial charge in [-0.05, 0) is 44.9 Å². The highest BCUT2D eigenvalue weighted by molar-refractivity contribution is 7.11. The third-order valence-corrected chi connectivity index (χ3v) is 6.26. The number of hydrogen-bond donors (Lipinski definition) is 1. The summed E-state index contributed by atoms with van der Waals surface area (Å²) in [7, 11) is 0. The van der Waals surface area contributed by atoms with Crippen LogP contribution in [0.5, 0.6) is 0 Å². The summed E-state index contributed by atoms with van der Waals surface area (Å²) in [5.41, 5.74) is 1.13. The molecule has 2 aliphatic carbocycles. The SMILES string of the molecule is Cc1nc(CCNC(=O)[C@H]2CC[C@@H]3CCC[C@@H]32)sc1C. The lowest BCUT2D eigenvalue weighted by Crippen LogP contribution is -2.34. The van der Waals surface area contributed by atoms with E-state index >= 15 is 0 Å². The van der Waals surface area contributed by atoms with Crippen LogP contribution in [0.4, 0.5) is 0 Å². The fourth-order valence-corrected chi connectivity index (χ4v) is 4.89. The van der Waals surface area contributed by atoms with E-state index in [1.807, 2.05) is 6.92 Å². The van der Waals surface area contributed by atoms with Crippen molar-refractivity contribution < 1.29 is 4.79 Å². The van der Waals surface area contributed by atoms with E-state index in [9.17, 15) is 4.79 Å². The first-order chi connectivity index (χ1) is 9.65. The molecule has 0 saturated heterocycles. The molecule has 4 heteroatoms. The minimum Gasteiger partial charge on any atom is -0.355 e. The Balaban J connectivity index is 1.47. The minimum absolute atomic E-state index is 0.294. The van der Waals surface area contributed by atoms with Gasteiger partial charge >= 0.3 is 0 Å². The fraction of sp³-hybridized carbons (Fsp3) is 0.750. The van der Waals surface area contributed by atoms with Crippen LogP contribution < -0.4 is 5.32 Å². The third-order valence-electron chi connectivity index (χ3n) is 5.13. The van der Waals surface area contributed by atoms with Crippen molar-refractivity contribution in [3.05, 3.63) is 15.6 Å². The summed E-state index contributed by atoms with van der Waals surface area (Å²) >= 11 is 1.75. The van der Waals surface area contributed by atoms with Gasteiger partial charge in [0.2, 0.25) is 5.91 Å². The highest BCUT2D eigenvalue weighted by Gasteiger charge is 2.42. The van der Waals surface area contributed by atoms with Crippen LogP contribution in [-0.4, -0.2) is 17.4 Å². The molecule has 0 unspecified atom stereocenters. The third kappa shape index (κ3) is 2.76. The molecule has 0 bridgehead atoms. The van der Waals surface area contributed by atoms with E-state index in [0.717, 1.165) is 36.0 Å². The zero-order chi connectivity index (χ0) is 14.1. The van der Waals surface area contributed by atoms with Crippen LogP contribution in [0.3, 0.4) is 0 Å². The van der Waals surface area contributed by atoms with Crippen LogP contribution in [-0.2, 0) is 11.2 Å². The molecule has 1 N–H and O–H groups in total. The first kappa shape index (κ1) is 14.1. The van der Waals surface area contributed by atoms with Gasteiger partial charge in [0, 0.05) is 23.8 Å². The number of amides is 1. The number of aromatic nitrogens is 1. The zero-order valence-electron chi connectivity index (χ0n) is 12.4. The summed E-state index contributed by atoms with van der Waals surface area (Å²) in [6.45, 7) is 4.89. The van der Waals surface area contributed by atoms with E-state index in [1.54, 1.807) is 11.3 Å². The van der Waals surface area contributed by atoms with Gasteiger partial charge in [0.1, 0.15) is 0 Å². The number of nitrogens with one attached hydrogen (secondary N) is 1. The Bertz CT molecular complexity index is 477. The molecule has 1 amide bonds. The standard InChI is InChI=1S/C16H24N2OS/c1-10-11(2)20-15(18-10)8-9-17-16(19)14-7-6-12-4-3-5-13(12)14/h12-14H,3-9H2,1-2H3,(H,17,19)/t12-,13-,14-/m0/s1. The summed E-state index contributed by atoms with van der Waals surface area (Å²) in [4.78, 5) is 18.1. The Morgan fingerprint density at radius 1 is 1.30 bits per heavy atom. The van der Waals surface area contributed by atoms with Crippen molar-refractivity contribution in [2.24, 2.45) is 17.8 Å². The Hall–Kier alpha value is -0.900. The largest absolute Gasteiger partial charge is 0.355 e. The molecule has 20 heavy (non-hydrogen) atoms. The van der Waals surface area contributed by atoms with Crippen molar-refractivity contribution in [1.82, 2.24) is 10.3 Å². The van der Waals surface area contributed by atoms with Gasteiger partial charge in [0.15, 0.2) is 0 Å². The molecule has 0 radical (unpaired) electrons. The van der Waals surface area contributed by atoms with Crippen LogP contribution in [0.2, 0.25) is 0 Å². The van der Waals surface area contributed by atoms with Crippen LogP contribution in [0.15, 0.2) is 0 Å². The van der Waals surface area contributed by atoms with Crippen LogP contribution in [0.25, 0.3) is 0 Å². The Morgan fingerprint density at radius 3 is 2.90 bits per heavy atom. The van der Waals surface area contributed by atoms with E-state index < -0.39 is 0 Å². The van der Waals surface area contributed by atoms with Crippen LogP contribution in [0, 0.1) is 31.6 Å². The number of aryl methyl sites for hydroxylation is 2. The van der Waals surface area contributed by atoms with Crippen molar-refractivity contribution in [1.29, 1.82) is 0 Å². The van der Waals surface area contributed by atoms with Crippen molar-refractivity contribution in [3.8, 4) is 0 Å². The Kier molecular flexibility index (Phi) is 4.11. The van der Waals surface area contributed by atoms with Gasteiger partial charge in [0.25, 0.3) is 0 Å². The summed E-state index contributed by atoms with van der Waals surface area (Å²) < 4.78 is 0. The predicted molar refractivity (Wildman–Crippen MR) is 81.9 cm³/mol.